The molecular weight excluding hydrogens is 370 g/mol. The lowest BCUT2D eigenvalue weighted by molar-refractivity contribution is -0.386. The Hall–Kier alpha value is -3.24. The lowest BCUT2D eigenvalue weighted by atomic mass is 10.1. The van der Waals surface area contributed by atoms with Gasteiger partial charge in [0.05, 0.1) is 4.92 Å². The Morgan fingerprint density at radius 3 is 2.64 bits per heavy atom. The molecule has 0 bridgehead atoms. The van der Waals surface area contributed by atoms with Crippen LogP contribution in [0.3, 0.4) is 0 Å². The number of esters is 1. The van der Waals surface area contributed by atoms with Crippen LogP contribution in [0.25, 0.3) is 0 Å². The average molecular weight is 393 g/mol. The Morgan fingerprint density at radius 1 is 1.39 bits per heavy atom. The van der Waals surface area contributed by atoms with Crippen LogP contribution in [0.4, 0.5) is 11.5 Å². The molecular formula is C17H23N5O6. The molecule has 2 rings (SSSR count). The van der Waals surface area contributed by atoms with E-state index in [4.69, 9.17) is 9.26 Å². The molecule has 1 atom stereocenters. The molecule has 1 N–H and O–H groups in total. The molecule has 152 valence electrons. The quantitative estimate of drug-likeness (QED) is 0.389. The SMILES string of the molecule is CCCCC(OC(=O)Cn1nc(C)c([N+](=O)[O-])c1C)C(=O)Nc1cc(C)on1. The van der Waals surface area contributed by atoms with Crippen LogP contribution in [0.2, 0.25) is 0 Å². The summed E-state index contributed by atoms with van der Waals surface area (Å²) in [7, 11) is 0. The summed E-state index contributed by atoms with van der Waals surface area (Å²) >= 11 is 0. The number of nitrogens with one attached hydrogen (secondary N) is 1. The van der Waals surface area contributed by atoms with Crippen LogP contribution >= 0.6 is 0 Å². The van der Waals surface area contributed by atoms with Crippen molar-refractivity contribution in [2.75, 3.05) is 5.32 Å². The molecule has 2 aromatic heterocycles. The van der Waals surface area contributed by atoms with Crippen molar-refractivity contribution in [2.45, 2.75) is 59.6 Å². The van der Waals surface area contributed by atoms with Gasteiger partial charge in [-0.3, -0.25) is 24.4 Å². The molecule has 0 aliphatic carbocycles. The molecule has 28 heavy (non-hydrogen) atoms. The zero-order valence-electron chi connectivity index (χ0n) is 16.2. The van der Waals surface area contributed by atoms with Gasteiger partial charge in [-0.1, -0.05) is 18.5 Å². The second kappa shape index (κ2) is 9.11. The highest BCUT2D eigenvalue weighted by Crippen LogP contribution is 2.22. The van der Waals surface area contributed by atoms with E-state index in [-0.39, 0.29) is 29.4 Å². The zero-order valence-corrected chi connectivity index (χ0v) is 16.2. The molecule has 1 amide bonds. The number of ether oxygens (including phenoxy) is 1. The highest BCUT2D eigenvalue weighted by molar-refractivity contribution is 5.94. The van der Waals surface area contributed by atoms with Gasteiger partial charge in [0.2, 0.25) is 0 Å². The van der Waals surface area contributed by atoms with Crippen molar-refractivity contribution >= 4 is 23.4 Å². The number of carbonyl (C=O) groups is 2. The lowest BCUT2D eigenvalue weighted by Crippen LogP contribution is -2.34. The lowest BCUT2D eigenvalue weighted by Gasteiger charge is -2.16. The van der Waals surface area contributed by atoms with Crippen molar-refractivity contribution in [1.82, 2.24) is 14.9 Å². The highest BCUT2D eigenvalue weighted by Gasteiger charge is 2.26. The van der Waals surface area contributed by atoms with E-state index < -0.39 is 22.9 Å². The van der Waals surface area contributed by atoms with Gasteiger partial charge in [0, 0.05) is 6.07 Å². The first-order valence-electron chi connectivity index (χ1n) is 8.85. The van der Waals surface area contributed by atoms with E-state index in [2.05, 4.69) is 15.6 Å². The Labute approximate surface area is 161 Å². The minimum Gasteiger partial charge on any atom is -0.451 e. The van der Waals surface area contributed by atoms with Crippen molar-refractivity contribution in [3.05, 3.63) is 33.3 Å². The number of hydrogen-bond donors (Lipinski definition) is 1. The fourth-order valence-electron chi connectivity index (χ4n) is 2.69. The number of carbonyl (C=O) groups excluding carboxylic acids is 2. The molecule has 0 fully saturated rings. The van der Waals surface area contributed by atoms with Gasteiger partial charge < -0.3 is 14.6 Å². The molecule has 1 unspecified atom stereocenters. The standard InChI is InChI=1S/C17H23N5O6/c1-5-6-7-13(17(24)18-14-8-10(2)28-20-14)27-15(23)9-21-12(4)16(22(25)26)11(3)19-21/h8,13H,5-7,9H2,1-4H3,(H,18,20,24). The molecule has 11 nitrogen and oxygen atoms in total. The molecule has 0 spiro atoms. The van der Waals surface area contributed by atoms with E-state index >= 15 is 0 Å². The first-order valence-corrected chi connectivity index (χ1v) is 8.85. The van der Waals surface area contributed by atoms with Gasteiger partial charge in [-0.05, 0) is 33.6 Å². The van der Waals surface area contributed by atoms with Crippen molar-refractivity contribution in [3.63, 3.8) is 0 Å². The maximum absolute atomic E-state index is 12.4. The largest absolute Gasteiger partial charge is 0.451 e. The summed E-state index contributed by atoms with van der Waals surface area (Å²) in [6.07, 6.45) is 0.807. The molecule has 0 aromatic carbocycles. The Morgan fingerprint density at radius 2 is 2.11 bits per heavy atom. The fourth-order valence-corrected chi connectivity index (χ4v) is 2.69. The molecule has 0 saturated carbocycles. The Balaban J connectivity index is 2.07. The summed E-state index contributed by atoms with van der Waals surface area (Å²) in [4.78, 5) is 35.3. The third-order valence-electron chi connectivity index (χ3n) is 4.07. The molecule has 2 aromatic rings. The minimum absolute atomic E-state index is 0.144. The molecule has 0 radical (unpaired) electrons. The van der Waals surface area contributed by atoms with Crippen LogP contribution in [0.5, 0.6) is 0 Å². The summed E-state index contributed by atoms with van der Waals surface area (Å²) in [5.41, 5.74) is 0.304. The maximum Gasteiger partial charge on any atom is 0.328 e. The third-order valence-corrected chi connectivity index (χ3v) is 4.07. The maximum atomic E-state index is 12.4. The van der Waals surface area contributed by atoms with E-state index in [1.54, 1.807) is 13.0 Å². The minimum atomic E-state index is -1.02. The fraction of sp³-hybridized carbons (Fsp3) is 0.529. The van der Waals surface area contributed by atoms with Crippen molar-refractivity contribution in [2.24, 2.45) is 0 Å². The van der Waals surface area contributed by atoms with Crippen molar-refractivity contribution < 1.29 is 23.8 Å². The summed E-state index contributed by atoms with van der Waals surface area (Å²) in [6.45, 7) is 6.29. The van der Waals surface area contributed by atoms with E-state index in [0.29, 0.717) is 18.6 Å². The molecule has 0 aliphatic rings. The topological polar surface area (TPSA) is 142 Å². The number of hydrogen-bond acceptors (Lipinski definition) is 8. The monoisotopic (exact) mass is 393 g/mol. The number of aryl methyl sites for hydroxylation is 2. The summed E-state index contributed by atoms with van der Waals surface area (Å²) in [6, 6.07) is 1.55. The number of amides is 1. The number of aromatic nitrogens is 3. The van der Waals surface area contributed by atoms with E-state index in [1.165, 1.54) is 18.5 Å². The predicted molar refractivity (Wildman–Crippen MR) is 97.6 cm³/mol. The van der Waals surface area contributed by atoms with Gasteiger partial charge in [0.25, 0.3) is 5.91 Å². The number of anilines is 1. The number of unbranched alkanes of at least 4 members (excludes halogenated alkanes) is 1. The summed E-state index contributed by atoms with van der Waals surface area (Å²) in [5.74, 6) is -0.472. The van der Waals surface area contributed by atoms with Gasteiger partial charge in [-0.25, -0.2) is 0 Å². The van der Waals surface area contributed by atoms with Crippen LogP contribution < -0.4 is 5.32 Å². The van der Waals surface area contributed by atoms with Crippen LogP contribution in [-0.2, 0) is 20.9 Å². The zero-order chi connectivity index (χ0) is 20.8. The first-order chi connectivity index (χ1) is 13.2. The smallest absolute Gasteiger partial charge is 0.328 e. The van der Waals surface area contributed by atoms with Crippen LogP contribution in [0, 0.1) is 30.9 Å². The second-order valence-electron chi connectivity index (χ2n) is 6.37. The normalized spacial score (nSPS) is 11.9. The van der Waals surface area contributed by atoms with Crippen LogP contribution in [0.1, 0.15) is 43.3 Å². The Bertz CT molecular complexity index is 872. The molecule has 0 aliphatic heterocycles. The number of nitro groups is 1. The van der Waals surface area contributed by atoms with E-state index in [1.807, 2.05) is 6.92 Å². The van der Waals surface area contributed by atoms with E-state index in [0.717, 1.165) is 6.42 Å². The van der Waals surface area contributed by atoms with Gasteiger partial charge in [0.15, 0.2) is 11.9 Å². The average Bonchev–Trinajstić information content (AvgIpc) is 3.13. The summed E-state index contributed by atoms with van der Waals surface area (Å²) < 4.78 is 11.4. The van der Waals surface area contributed by atoms with Gasteiger partial charge >= 0.3 is 11.7 Å². The van der Waals surface area contributed by atoms with Crippen molar-refractivity contribution in [3.8, 4) is 0 Å². The van der Waals surface area contributed by atoms with Gasteiger partial charge in [0.1, 0.15) is 23.7 Å². The number of nitrogens with zero attached hydrogens (tertiary/aromatic N) is 4. The highest BCUT2D eigenvalue weighted by atomic mass is 16.6. The molecule has 0 saturated heterocycles. The first kappa shape index (κ1) is 21.1. The van der Waals surface area contributed by atoms with Gasteiger partial charge in [-0.15, -0.1) is 0 Å². The van der Waals surface area contributed by atoms with Crippen LogP contribution in [-0.4, -0.2) is 37.8 Å². The second-order valence-corrected chi connectivity index (χ2v) is 6.37. The van der Waals surface area contributed by atoms with E-state index in [9.17, 15) is 19.7 Å². The van der Waals surface area contributed by atoms with Crippen molar-refractivity contribution in [1.29, 1.82) is 0 Å². The Kier molecular flexibility index (Phi) is 6.85. The number of rotatable bonds is 9. The third kappa shape index (κ3) is 5.15. The predicted octanol–water partition coefficient (Wildman–Crippen LogP) is 2.45. The molecule has 11 heteroatoms. The summed E-state index contributed by atoms with van der Waals surface area (Å²) in [5, 5.41) is 21.3. The van der Waals surface area contributed by atoms with Gasteiger partial charge in [-0.2, -0.15) is 5.10 Å². The molecule has 2 heterocycles. The van der Waals surface area contributed by atoms with Crippen LogP contribution in [0.15, 0.2) is 10.6 Å².